The molecule has 2 rings (SSSR count). The van der Waals surface area contributed by atoms with Gasteiger partial charge in [0.15, 0.2) is 0 Å². The Bertz CT molecular complexity index is 681. The van der Waals surface area contributed by atoms with Crippen LogP contribution >= 0.6 is 0 Å². The van der Waals surface area contributed by atoms with Gasteiger partial charge >= 0.3 is 5.97 Å². The summed E-state index contributed by atoms with van der Waals surface area (Å²) in [6.07, 6.45) is 0. The molecule has 0 unspecified atom stereocenters. The van der Waals surface area contributed by atoms with Crippen molar-refractivity contribution in [3.8, 4) is 0 Å². The van der Waals surface area contributed by atoms with Gasteiger partial charge in [0.2, 0.25) is 0 Å². The maximum absolute atomic E-state index is 11.9. The zero-order valence-electron chi connectivity index (χ0n) is 12.4. The highest BCUT2D eigenvalue weighted by Gasteiger charge is 2.10. The maximum atomic E-state index is 11.9. The second kappa shape index (κ2) is 6.71. The Morgan fingerprint density at radius 2 is 1.86 bits per heavy atom. The Labute approximate surface area is 128 Å². The van der Waals surface area contributed by atoms with Crippen LogP contribution < -0.4 is 4.90 Å². The van der Waals surface area contributed by atoms with Gasteiger partial charge in [0.25, 0.3) is 5.69 Å². The lowest BCUT2D eigenvalue weighted by molar-refractivity contribution is -0.384. The Balaban J connectivity index is 2.00. The number of nitrogens with zero attached hydrogens (tertiary/aromatic N) is 2. The summed E-state index contributed by atoms with van der Waals surface area (Å²) < 4.78 is 5.17. The number of rotatable bonds is 5. The molecule has 6 heteroatoms. The largest absolute Gasteiger partial charge is 0.457 e. The van der Waals surface area contributed by atoms with Crippen LogP contribution in [0.2, 0.25) is 0 Å². The average Bonchev–Trinajstić information content (AvgIpc) is 2.53. The van der Waals surface area contributed by atoms with E-state index in [1.807, 2.05) is 31.1 Å². The lowest BCUT2D eigenvalue weighted by atomic mass is 10.2. The quantitative estimate of drug-likeness (QED) is 0.482. The predicted octanol–water partition coefficient (Wildman–Crippen LogP) is 3.02. The van der Waals surface area contributed by atoms with Crippen LogP contribution in [0.25, 0.3) is 0 Å². The van der Waals surface area contributed by atoms with Crippen molar-refractivity contribution < 1.29 is 14.5 Å². The van der Waals surface area contributed by atoms with Crippen molar-refractivity contribution in [2.45, 2.75) is 6.61 Å². The van der Waals surface area contributed by atoms with Crippen molar-refractivity contribution in [2.75, 3.05) is 19.0 Å². The lowest BCUT2D eigenvalue weighted by Crippen LogP contribution is -2.09. The SMILES string of the molecule is CN(C)c1ccc(C(=O)OCc2cccc([N+](=O)[O-])c2)cc1. The summed E-state index contributed by atoms with van der Waals surface area (Å²) in [6.45, 7) is -0.00402. The normalized spacial score (nSPS) is 10.1. The standard InChI is InChI=1S/C16H16N2O4/c1-17(2)14-8-6-13(7-9-14)16(19)22-11-12-4-3-5-15(10-12)18(20)21/h3-10H,11H2,1-2H3. The Morgan fingerprint density at radius 3 is 2.45 bits per heavy atom. The third-order valence-corrected chi connectivity index (χ3v) is 3.11. The van der Waals surface area contributed by atoms with E-state index in [0.717, 1.165) is 5.69 Å². The monoisotopic (exact) mass is 300 g/mol. The molecule has 6 nitrogen and oxygen atoms in total. The number of nitro benzene ring substituents is 1. The van der Waals surface area contributed by atoms with Gasteiger partial charge in [0.05, 0.1) is 10.5 Å². The third kappa shape index (κ3) is 3.82. The third-order valence-electron chi connectivity index (χ3n) is 3.11. The van der Waals surface area contributed by atoms with E-state index in [0.29, 0.717) is 11.1 Å². The van der Waals surface area contributed by atoms with E-state index in [-0.39, 0.29) is 12.3 Å². The van der Waals surface area contributed by atoms with Gasteiger partial charge in [-0.05, 0) is 29.8 Å². The molecule has 0 N–H and O–H groups in total. The van der Waals surface area contributed by atoms with E-state index in [9.17, 15) is 14.9 Å². The first-order chi connectivity index (χ1) is 10.5. The summed E-state index contributed by atoms with van der Waals surface area (Å²) in [7, 11) is 3.82. The molecule has 0 aromatic heterocycles. The fourth-order valence-electron chi connectivity index (χ4n) is 1.89. The highest BCUT2D eigenvalue weighted by molar-refractivity contribution is 5.89. The zero-order chi connectivity index (χ0) is 16.1. The number of nitro groups is 1. The minimum Gasteiger partial charge on any atom is -0.457 e. The molecule has 22 heavy (non-hydrogen) atoms. The molecule has 0 bridgehead atoms. The molecule has 0 atom stereocenters. The second-order valence-electron chi connectivity index (χ2n) is 4.94. The van der Waals surface area contributed by atoms with Gasteiger partial charge in [-0.1, -0.05) is 12.1 Å². The fourth-order valence-corrected chi connectivity index (χ4v) is 1.89. The average molecular weight is 300 g/mol. The molecule has 0 heterocycles. The molecule has 0 amide bonds. The Hall–Kier alpha value is -2.89. The summed E-state index contributed by atoms with van der Waals surface area (Å²) in [5, 5.41) is 10.7. The lowest BCUT2D eigenvalue weighted by Gasteiger charge is -2.12. The molecule has 0 saturated heterocycles. The van der Waals surface area contributed by atoms with Crippen molar-refractivity contribution in [1.29, 1.82) is 0 Å². The fraction of sp³-hybridized carbons (Fsp3) is 0.188. The number of carbonyl (C=O) groups is 1. The number of esters is 1. The number of hydrogen-bond acceptors (Lipinski definition) is 5. The van der Waals surface area contributed by atoms with Crippen LogP contribution in [0.3, 0.4) is 0 Å². The number of non-ortho nitro benzene ring substituents is 1. The molecule has 2 aromatic carbocycles. The molecular formula is C16H16N2O4. The van der Waals surface area contributed by atoms with E-state index >= 15 is 0 Å². The number of ether oxygens (including phenoxy) is 1. The summed E-state index contributed by atoms with van der Waals surface area (Å²) in [5.41, 5.74) is 1.97. The molecule has 0 saturated carbocycles. The van der Waals surface area contributed by atoms with Gasteiger partial charge in [0.1, 0.15) is 6.61 Å². The van der Waals surface area contributed by atoms with Crippen molar-refractivity contribution in [1.82, 2.24) is 0 Å². The van der Waals surface area contributed by atoms with Gasteiger partial charge in [-0.3, -0.25) is 10.1 Å². The predicted molar refractivity (Wildman–Crippen MR) is 83.0 cm³/mol. The first-order valence-electron chi connectivity index (χ1n) is 6.65. The van der Waals surface area contributed by atoms with Crippen molar-refractivity contribution in [2.24, 2.45) is 0 Å². The molecule has 0 aliphatic carbocycles. The van der Waals surface area contributed by atoms with E-state index < -0.39 is 10.9 Å². The zero-order valence-corrected chi connectivity index (χ0v) is 12.4. The van der Waals surface area contributed by atoms with E-state index in [4.69, 9.17) is 4.74 Å². The second-order valence-corrected chi connectivity index (χ2v) is 4.94. The van der Waals surface area contributed by atoms with Crippen LogP contribution in [0.4, 0.5) is 11.4 Å². The van der Waals surface area contributed by atoms with Gasteiger partial charge in [-0.2, -0.15) is 0 Å². The van der Waals surface area contributed by atoms with E-state index in [1.54, 1.807) is 24.3 Å². The number of anilines is 1. The topological polar surface area (TPSA) is 72.7 Å². The van der Waals surface area contributed by atoms with Gasteiger partial charge < -0.3 is 9.64 Å². The van der Waals surface area contributed by atoms with Crippen molar-refractivity contribution in [3.63, 3.8) is 0 Å². The minimum absolute atomic E-state index is 0.00402. The first kappa shape index (κ1) is 15.5. The molecule has 114 valence electrons. The summed E-state index contributed by atoms with van der Waals surface area (Å²) >= 11 is 0. The Morgan fingerprint density at radius 1 is 1.18 bits per heavy atom. The molecule has 0 spiro atoms. The van der Waals surface area contributed by atoms with Crippen LogP contribution in [0.15, 0.2) is 48.5 Å². The Kier molecular flexibility index (Phi) is 4.73. The molecule has 0 radical (unpaired) electrons. The van der Waals surface area contributed by atoms with Crippen LogP contribution in [-0.4, -0.2) is 25.0 Å². The van der Waals surface area contributed by atoms with Crippen LogP contribution in [-0.2, 0) is 11.3 Å². The smallest absolute Gasteiger partial charge is 0.338 e. The minimum atomic E-state index is -0.481. The van der Waals surface area contributed by atoms with Crippen LogP contribution in [0.5, 0.6) is 0 Å². The molecule has 0 aliphatic rings. The molecule has 0 fully saturated rings. The molecular weight excluding hydrogens is 284 g/mol. The van der Waals surface area contributed by atoms with E-state index in [1.165, 1.54) is 12.1 Å². The van der Waals surface area contributed by atoms with Crippen LogP contribution in [0.1, 0.15) is 15.9 Å². The summed E-state index contributed by atoms with van der Waals surface area (Å²) in [6, 6.07) is 13.0. The highest BCUT2D eigenvalue weighted by atomic mass is 16.6. The maximum Gasteiger partial charge on any atom is 0.338 e. The van der Waals surface area contributed by atoms with Crippen molar-refractivity contribution >= 4 is 17.3 Å². The molecule has 2 aromatic rings. The van der Waals surface area contributed by atoms with E-state index in [2.05, 4.69) is 0 Å². The highest BCUT2D eigenvalue weighted by Crippen LogP contribution is 2.16. The van der Waals surface area contributed by atoms with Gasteiger partial charge in [-0.15, -0.1) is 0 Å². The number of hydrogen-bond donors (Lipinski definition) is 0. The summed E-state index contributed by atoms with van der Waals surface area (Å²) in [5.74, 6) is -0.461. The van der Waals surface area contributed by atoms with Crippen LogP contribution in [0, 0.1) is 10.1 Å². The summed E-state index contributed by atoms with van der Waals surface area (Å²) in [4.78, 5) is 24.1. The number of carbonyl (C=O) groups excluding carboxylic acids is 1. The van der Waals surface area contributed by atoms with Gasteiger partial charge in [0, 0.05) is 31.9 Å². The van der Waals surface area contributed by atoms with Gasteiger partial charge in [-0.25, -0.2) is 4.79 Å². The van der Waals surface area contributed by atoms with Crippen molar-refractivity contribution in [3.05, 3.63) is 69.8 Å². The molecule has 0 aliphatic heterocycles. The number of benzene rings is 2. The first-order valence-corrected chi connectivity index (χ1v) is 6.65.